The summed E-state index contributed by atoms with van der Waals surface area (Å²) >= 11 is 0. The molecule has 1 fully saturated rings. The third kappa shape index (κ3) is 3.32. The Labute approximate surface area is 80.1 Å². The first kappa shape index (κ1) is 10.5. The maximum absolute atomic E-state index is 11.5. The SMILES string of the molecule is CN1CCN(C)CC(=O)N(C)CC1. The van der Waals surface area contributed by atoms with Crippen molar-refractivity contribution in [1.29, 1.82) is 0 Å². The van der Waals surface area contributed by atoms with E-state index in [0.29, 0.717) is 6.54 Å². The van der Waals surface area contributed by atoms with Gasteiger partial charge in [0.1, 0.15) is 0 Å². The highest BCUT2D eigenvalue weighted by atomic mass is 16.2. The molecular weight excluding hydrogens is 166 g/mol. The van der Waals surface area contributed by atoms with Gasteiger partial charge in [-0.25, -0.2) is 0 Å². The lowest BCUT2D eigenvalue weighted by Crippen LogP contribution is -2.37. The molecule has 0 atom stereocenters. The molecule has 0 radical (unpaired) electrons. The standard InChI is InChI=1S/C9H19N3O/c1-10-4-5-11(2)8-9(13)12(3)7-6-10/h4-8H2,1-3H3. The lowest BCUT2D eigenvalue weighted by atomic mass is 10.4. The first-order valence-corrected chi connectivity index (χ1v) is 4.70. The van der Waals surface area contributed by atoms with Crippen molar-refractivity contribution in [2.24, 2.45) is 0 Å². The van der Waals surface area contributed by atoms with Crippen LogP contribution < -0.4 is 0 Å². The summed E-state index contributed by atoms with van der Waals surface area (Å²) in [6.45, 7) is 4.36. The van der Waals surface area contributed by atoms with Crippen LogP contribution in [0.4, 0.5) is 0 Å². The van der Waals surface area contributed by atoms with Gasteiger partial charge in [-0.15, -0.1) is 0 Å². The van der Waals surface area contributed by atoms with Crippen molar-refractivity contribution < 1.29 is 4.79 Å². The molecule has 1 rings (SSSR count). The second-order valence-electron chi connectivity index (χ2n) is 3.86. The van der Waals surface area contributed by atoms with Crippen LogP contribution in [-0.2, 0) is 4.79 Å². The molecule has 4 nitrogen and oxygen atoms in total. The lowest BCUT2D eigenvalue weighted by molar-refractivity contribution is -0.130. The van der Waals surface area contributed by atoms with E-state index in [2.05, 4.69) is 16.8 Å². The topological polar surface area (TPSA) is 26.8 Å². The molecule has 1 amide bonds. The van der Waals surface area contributed by atoms with Crippen LogP contribution in [0.1, 0.15) is 0 Å². The Morgan fingerprint density at radius 2 is 1.46 bits per heavy atom. The Hall–Kier alpha value is -0.610. The Morgan fingerprint density at radius 1 is 0.923 bits per heavy atom. The van der Waals surface area contributed by atoms with Gasteiger partial charge in [-0.2, -0.15) is 0 Å². The lowest BCUT2D eigenvalue weighted by Gasteiger charge is -2.19. The highest BCUT2D eigenvalue weighted by molar-refractivity contribution is 5.77. The van der Waals surface area contributed by atoms with Gasteiger partial charge in [0.2, 0.25) is 5.91 Å². The number of amides is 1. The van der Waals surface area contributed by atoms with Gasteiger partial charge in [0.05, 0.1) is 6.54 Å². The number of carbonyl (C=O) groups excluding carboxylic acids is 1. The average molecular weight is 185 g/mol. The maximum Gasteiger partial charge on any atom is 0.236 e. The molecule has 1 aliphatic heterocycles. The van der Waals surface area contributed by atoms with Crippen LogP contribution in [0.2, 0.25) is 0 Å². The molecule has 0 bridgehead atoms. The van der Waals surface area contributed by atoms with Gasteiger partial charge in [-0.05, 0) is 14.1 Å². The van der Waals surface area contributed by atoms with Crippen LogP contribution >= 0.6 is 0 Å². The van der Waals surface area contributed by atoms with Gasteiger partial charge < -0.3 is 9.80 Å². The molecule has 0 saturated carbocycles. The number of hydrogen-bond donors (Lipinski definition) is 0. The van der Waals surface area contributed by atoms with Crippen molar-refractivity contribution in [2.75, 3.05) is 53.9 Å². The zero-order valence-corrected chi connectivity index (χ0v) is 8.79. The summed E-state index contributed by atoms with van der Waals surface area (Å²) in [5.74, 6) is 0.220. The summed E-state index contributed by atoms with van der Waals surface area (Å²) < 4.78 is 0. The Kier molecular flexibility index (Phi) is 3.69. The van der Waals surface area contributed by atoms with Crippen molar-refractivity contribution in [1.82, 2.24) is 14.7 Å². The highest BCUT2D eigenvalue weighted by Gasteiger charge is 2.14. The zero-order chi connectivity index (χ0) is 9.84. The largest absolute Gasteiger partial charge is 0.343 e. The second-order valence-corrected chi connectivity index (χ2v) is 3.86. The predicted molar refractivity (Wildman–Crippen MR) is 52.6 cm³/mol. The van der Waals surface area contributed by atoms with E-state index >= 15 is 0 Å². The van der Waals surface area contributed by atoms with Gasteiger partial charge >= 0.3 is 0 Å². The van der Waals surface area contributed by atoms with E-state index in [-0.39, 0.29) is 5.91 Å². The summed E-state index contributed by atoms with van der Waals surface area (Å²) in [7, 11) is 5.96. The molecule has 0 aromatic rings. The van der Waals surface area contributed by atoms with Crippen molar-refractivity contribution in [3.05, 3.63) is 0 Å². The normalized spacial score (nSPS) is 23.9. The minimum Gasteiger partial charge on any atom is -0.343 e. The summed E-state index contributed by atoms with van der Waals surface area (Å²) in [5.41, 5.74) is 0. The van der Waals surface area contributed by atoms with Crippen LogP contribution in [0.3, 0.4) is 0 Å². The first-order chi connectivity index (χ1) is 6.09. The molecule has 1 aliphatic rings. The maximum atomic E-state index is 11.5. The van der Waals surface area contributed by atoms with Gasteiger partial charge in [-0.3, -0.25) is 9.69 Å². The van der Waals surface area contributed by atoms with Crippen LogP contribution in [0.15, 0.2) is 0 Å². The zero-order valence-electron chi connectivity index (χ0n) is 8.79. The van der Waals surface area contributed by atoms with Crippen molar-refractivity contribution >= 4 is 5.91 Å². The van der Waals surface area contributed by atoms with Crippen LogP contribution in [-0.4, -0.2) is 74.5 Å². The minimum atomic E-state index is 0.220. The van der Waals surface area contributed by atoms with E-state index in [1.165, 1.54) is 0 Å². The molecule has 0 spiro atoms. The fourth-order valence-corrected chi connectivity index (χ4v) is 1.33. The van der Waals surface area contributed by atoms with Crippen LogP contribution in [0, 0.1) is 0 Å². The van der Waals surface area contributed by atoms with Crippen molar-refractivity contribution in [3.8, 4) is 0 Å². The fraction of sp³-hybridized carbons (Fsp3) is 0.889. The van der Waals surface area contributed by atoms with Gasteiger partial charge in [0.15, 0.2) is 0 Å². The molecular formula is C9H19N3O. The van der Waals surface area contributed by atoms with Gasteiger partial charge in [0.25, 0.3) is 0 Å². The van der Waals surface area contributed by atoms with E-state index in [1.807, 2.05) is 14.1 Å². The monoisotopic (exact) mass is 185 g/mol. The number of carbonyl (C=O) groups is 1. The molecule has 76 valence electrons. The highest BCUT2D eigenvalue weighted by Crippen LogP contribution is 1.95. The van der Waals surface area contributed by atoms with E-state index in [9.17, 15) is 4.79 Å². The fourth-order valence-electron chi connectivity index (χ4n) is 1.33. The number of rotatable bonds is 0. The Morgan fingerprint density at radius 3 is 2.15 bits per heavy atom. The minimum absolute atomic E-state index is 0.220. The smallest absolute Gasteiger partial charge is 0.236 e. The molecule has 13 heavy (non-hydrogen) atoms. The van der Waals surface area contributed by atoms with Crippen LogP contribution in [0.5, 0.6) is 0 Å². The van der Waals surface area contributed by atoms with Gasteiger partial charge in [0, 0.05) is 33.2 Å². The van der Waals surface area contributed by atoms with E-state index < -0.39 is 0 Å². The average Bonchev–Trinajstić information content (AvgIpc) is 2.13. The predicted octanol–water partition coefficient (Wildman–Crippen LogP) is -0.678. The molecule has 0 N–H and O–H groups in total. The molecule has 0 aromatic carbocycles. The summed E-state index contributed by atoms with van der Waals surface area (Å²) in [6.07, 6.45) is 0. The summed E-state index contributed by atoms with van der Waals surface area (Å²) in [6, 6.07) is 0. The molecule has 1 heterocycles. The number of nitrogens with zero attached hydrogens (tertiary/aromatic N) is 3. The molecule has 0 aliphatic carbocycles. The molecule has 0 unspecified atom stereocenters. The summed E-state index contributed by atoms with van der Waals surface area (Å²) in [4.78, 5) is 17.6. The van der Waals surface area contributed by atoms with Gasteiger partial charge in [-0.1, -0.05) is 0 Å². The third-order valence-electron chi connectivity index (χ3n) is 2.51. The number of likely N-dealkylation sites (N-methyl/N-ethyl adjacent to an activating group) is 3. The van der Waals surface area contributed by atoms with E-state index in [0.717, 1.165) is 26.2 Å². The molecule has 4 heteroatoms. The quantitative estimate of drug-likeness (QED) is 0.500. The third-order valence-corrected chi connectivity index (χ3v) is 2.51. The van der Waals surface area contributed by atoms with Crippen LogP contribution in [0.25, 0.3) is 0 Å². The molecule has 0 aromatic heterocycles. The number of hydrogen-bond acceptors (Lipinski definition) is 3. The summed E-state index contributed by atoms with van der Waals surface area (Å²) in [5, 5.41) is 0. The van der Waals surface area contributed by atoms with E-state index in [4.69, 9.17) is 0 Å². The Bertz CT molecular complexity index is 184. The van der Waals surface area contributed by atoms with E-state index in [1.54, 1.807) is 4.90 Å². The van der Waals surface area contributed by atoms with Crippen molar-refractivity contribution in [2.45, 2.75) is 0 Å². The molecule has 1 saturated heterocycles. The van der Waals surface area contributed by atoms with Crippen molar-refractivity contribution in [3.63, 3.8) is 0 Å². The Balaban J connectivity index is 2.53. The second kappa shape index (κ2) is 4.58. The first-order valence-electron chi connectivity index (χ1n) is 4.70.